The summed E-state index contributed by atoms with van der Waals surface area (Å²) in [7, 11) is 0. The summed E-state index contributed by atoms with van der Waals surface area (Å²) in [6.07, 6.45) is 2.12. The van der Waals surface area contributed by atoms with Crippen LogP contribution in [-0.4, -0.2) is 27.6 Å². The third kappa shape index (κ3) is 4.55. The Kier molecular flexibility index (Phi) is 5.71. The standard InChI is InChI=1S/C23H20N4O2/c28-22(21(17-9-3-1-4-10-17)18-11-5-2-6-12-18)25-16-14-20-26-27-23(29-20)19-13-7-8-15-24-19/h1-13,15,21H,14,16H2,(H,25,28). The van der Waals surface area contributed by atoms with E-state index in [1.165, 1.54) is 0 Å². The summed E-state index contributed by atoms with van der Waals surface area (Å²) in [6.45, 7) is 0.402. The van der Waals surface area contributed by atoms with Crippen LogP contribution in [0.4, 0.5) is 0 Å². The Balaban J connectivity index is 1.42. The largest absolute Gasteiger partial charge is 0.419 e. The number of nitrogens with zero attached hydrogens (tertiary/aromatic N) is 3. The minimum absolute atomic E-state index is 0.0631. The van der Waals surface area contributed by atoms with E-state index in [9.17, 15) is 4.79 Å². The zero-order valence-electron chi connectivity index (χ0n) is 15.7. The van der Waals surface area contributed by atoms with Crippen LogP contribution in [0.15, 0.2) is 89.5 Å². The molecule has 4 aromatic rings. The summed E-state index contributed by atoms with van der Waals surface area (Å²) < 4.78 is 5.65. The number of pyridine rings is 1. The Hall–Kier alpha value is -3.80. The van der Waals surface area contributed by atoms with Gasteiger partial charge in [-0.3, -0.25) is 9.78 Å². The first-order valence-electron chi connectivity index (χ1n) is 9.42. The van der Waals surface area contributed by atoms with Gasteiger partial charge in [0.1, 0.15) is 5.69 Å². The Bertz CT molecular complexity index is 1010. The lowest BCUT2D eigenvalue weighted by Gasteiger charge is -2.17. The van der Waals surface area contributed by atoms with Crippen LogP contribution in [0, 0.1) is 0 Å². The molecular formula is C23H20N4O2. The van der Waals surface area contributed by atoms with E-state index in [4.69, 9.17) is 4.42 Å². The minimum Gasteiger partial charge on any atom is -0.419 e. The van der Waals surface area contributed by atoms with Crippen molar-refractivity contribution >= 4 is 5.91 Å². The number of nitrogens with one attached hydrogen (secondary N) is 1. The molecule has 0 aliphatic heterocycles. The van der Waals surface area contributed by atoms with Crippen molar-refractivity contribution in [3.63, 3.8) is 0 Å². The summed E-state index contributed by atoms with van der Waals surface area (Å²) in [5.74, 6) is 0.399. The molecule has 2 aromatic carbocycles. The highest BCUT2D eigenvalue weighted by atomic mass is 16.4. The number of amides is 1. The fourth-order valence-electron chi connectivity index (χ4n) is 3.13. The first kappa shape index (κ1) is 18.6. The van der Waals surface area contributed by atoms with Crippen LogP contribution < -0.4 is 5.32 Å². The molecule has 0 aliphatic rings. The minimum atomic E-state index is -0.371. The first-order valence-corrected chi connectivity index (χ1v) is 9.42. The molecule has 6 heteroatoms. The van der Waals surface area contributed by atoms with Crippen molar-refractivity contribution in [3.8, 4) is 11.6 Å². The molecule has 0 spiro atoms. The molecular weight excluding hydrogens is 364 g/mol. The lowest BCUT2D eigenvalue weighted by molar-refractivity contribution is -0.121. The van der Waals surface area contributed by atoms with Gasteiger partial charge in [0.2, 0.25) is 11.8 Å². The van der Waals surface area contributed by atoms with Crippen molar-refractivity contribution in [2.75, 3.05) is 6.54 Å². The summed E-state index contributed by atoms with van der Waals surface area (Å²) in [4.78, 5) is 17.2. The Morgan fingerprint density at radius 1 is 0.862 bits per heavy atom. The normalized spacial score (nSPS) is 10.8. The molecule has 0 radical (unpaired) electrons. The quantitative estimate of drug-likeness (QED) is 0.526. The second-order valence-corrected chi connectivity index (χ2v) is 6.51. The predicted octanol–water partition coefficient (Wildman–Crippen LogP) is 3.62. The first-order chi connectivity index (χ1) is 14.3. The van der Waals surface area contributed by atoms with Gasteiger partial charge in [0, 0.05) is 19.2 Å². The highest BCUT2D eigenvalue weighted by Gasteiger charge is 2.22. The summed E-state index contributed by atoms with van der Waals surface area (Å²) in [5.41, 5.74) is 2.53. The molecule has 0 fully saturated rings. The molecule has 144 valence electrons. The summed E-state index contributed by atoms with van der Waals surface area (Å²) in [6, 6.07) is 25.0. The maximum Gasteiger partial charge on any atom is 0.266 e. The lowest BCUT2D eigenvalue weighted by atomic mass is 9.90. The van der Waals surface area contributed by atoms with Gasteiger partial charge in [-0.05, 0) is 23.3 Å². The van der Waals surface area contributed by atoms with Gasteiger partial charge < -0.3 is 9.73 Å². The molecule has 29 heavy (non-hydrogen) atoms. The molecule has 0 bridgehead atoms. The number of hydrogen-bond acceptors (Lipinski definition) is 5. The van der Waals surface area contributed by atoms with E-state index in [1.807, 2.05) is 78.9 Å². The molecule has 0 atom stereocenters. The third-order valence-corrected chi connectivity index (χ3v) is 4.52. The average Bonchev–Trinajstić information content (AvgIpc) is 3.25. The van der Waals surface area contributed by atoms with E-state index in [-0.39, 0.29) is 11.8 Å². The monoisotopic (exact) mass is 384 g/mol. The number of benzene rings is 2. The van der Waals surface area contributed by atoms with Crippen molar-refractivity contribution in [2.45, 2.75) is 12.3 Å². The second-order valence-electron chi connectivity index (χ2n) is 6.51. The van der Waals surface area contributed by atoms with Gasteiger partial charge in [0.05, 0.1) is 5.92 Å². The molecule has 2 aromatic heterocycles. The van der Waals surface area contributed by atoms with Crippen LogP contribution in [0.25, 0.3) is 11.6 Å². The topological polar surface area (TPSA) is 80.9 Å². The molecule has 0 unspecified atom stereocenters. The van der Waals surface area contributed by atoms with Crippen molar-refractivity contribution < 1.29 is 9.21 Å². The maximum atomic E-state index is 13.0. The number of aromatic nitrogens is 3. The van der Waals surface area contributed by atoms with E-state index in [2.05, 4.69) is 20.5 Å². The van der Waals surface area contributed by atoms with Crippen LogP contribution in [0.5, 0.6) is 0 Å². The van der Waals surface area contributed by atoms with Crippen molar-refractivity contribution in [1.82, 2.24) is 20.5 Å². The molecule has 1 N–H and O–H groups in total. The number of hydrogen-bond donors (Lipinski definition) is 1. The highest BCUT2D eigenvalue weighted by molar-refractivity contribution is 5.87. The van der Waals surface area contributed by atoms with Crippen LogP contribution in [0.1, 0.15) is 22.9 Å². The van der Waals surface area contributed by atoms with E-state index in [0.717, 1.165) is 11.1 Å². The SMILES string of the molecule is O=C(NCCc1nnc(-c2ccccn2)o1)C(c1ccccc1)c1ccccc1. The Labute approximate surface area is 168 Å². The fourth-order valence-corrected chi connectivity index (χ4v) is 3.13. The van der Waals surface area contributed by atoms with Crippen molar-refractivity contribution in [2.24, 2.45) is 0 Å². The smallest absolute Gasteiger partial charge is 0.266 e. The van der Waals surface area contributed by atoms with E-state index in [1.54, 1.807) is 6.20 Å². The maximum absolute atomic E-state index is 13.0. The van der Waals surface area contributed by atoms with Gasteiger partial charge >= 0.3 is 0 Å². The van der Waals surface area contributed by atoms with Crippen LogP contribution in [0.3, 0.4) is 0 Å². The van der Waals surface area contributed by atoms with E-state index >= 15 is 0 Å². The number of rotatable bonds is 7. The molecule has 6 nitrogen and oxygen atoms in total. The average molecular weight is 384 g/mol. The van der Waals surface area contributed by atoms with Crippen LogP contribution >= 0.6 is 0 Å². The van der Waals surface area contributed by atoms with Crippen LogP contribution in [0.2, 0.25) is 0 Å². The van der Waals surface area contributed by atoms with Crippen molar-refractivity contribution in [1.29, 1.82) is 0 Å². The van der Waals surface area contributed by atoms with Gasteiger partial charge in [-0.25, -0.2) is 0 Å². The van der Waals surface area contributed by atoms with Crippen LogP contribution in [-0.2, 0) is 11.2 Å². The molecule has 0 saturated carbocycles. The second kappa shape index (κ2) is 8.93. The highest BCUT2D eigenvalue weighted by Crippen LogP contribution is 2.24. The Morgan fingerprint density at radius 3 is 2.14 bits per heavy atom. The van der Waals surface area contributed by atoms with Gasteiger partial charge in [-0.15, -0.1) is 10.2 Å². The number of carbonyl (C=O) groups excluding carboxylic acids is 1. The molecule has 4 rings (SSSR count). The van der Waals surface area contributed by atoms with Crippen molar-refractivity contribution in [3.05, 3.63) is 102 Å². The predicted molar refractivity (Wildman–Crippen MR) is 109 cm³/mol. The van der Waals surface area contributed by atoms with Gasteiger partial charge in [0.15, 0.2) is 0 Å². The van der Waals surface area contributed by atoms with E-state index in [0.29, 0.717) is 30.4 Å². The van der Waals surface area contributed by atoms with Gasteiger partial charge in [-0.1, -0.05) is 66.7 Å². The number of carbonyl (C=O) groups is 1. The molecule has 0 aliphatic carbocycles. The van der Waals surface area contributed by atoms with Gasteiger partial charge in [0.25, 0.3) is 5.89 Å². The van der Waals surface area contributed by atoms with Gasteiger partial charge in [-0.2, -0.15) is 0 Å². The summed E-state index contributed by atoms with van der Waals surface area (Å²) >= 11 is 0. The zero-order chi connectivity index (χ0) is 19.9. The lowest BCUT2D eigenvalue weighted by Crippen LogP contribution is -2.31. The Morgan fingerprint density at radius 2 is 1.52 bits per heavy atom. The summed E-state index contributed by atoms with van der Waals surface area (Å²) in [5, 5.41) is 11.1. The zero-order valence-corrected chi connectivity index (χ0v) is 15.7. The van der Waals surface area contributed by atoms with E-state index < -0.39 is 0 Å². The molecule has 1 amide bonds. The third-order valence-electron chi connectivity index (χ3n) is 4.52. The fraction of sp³-hybridized carbons (Fsp3) is 0.130. The molecule has 0 saturated heterocycles. The molecule has 2 heterocycles.